The number of carbonyl (C=O) groups is 1. The van der Waals surface area contributed by atoms with Gasteiger partial charge in [-0.2, -0.15) is 0 Å². The van der Waals surface area contributed by atoms with Crippen molar-refractivity contribution in [3.05, 3.63) is 64.1 Å². The molecule has 0 radical (unpaired) electrons. The summed E-state index contributed by atoms with van der Waals surface area (Å²) in [6, 6.07) is 13.9. The molecule has 2 aromatic carbocycles. The maximum atomic E-state index is 12.3. The summed E-state index contributed by atoms with van der Waals surface area (Å²) in [6.45, 7) is 1.89. The maximum absolute atomic E-state index is 12.3. The summed E-state index contributed by atoms with van der Waals surface area (Å²) in [5, 5.41) is 2.89. The maximum Gasteiger partial charge on any atom is 0.251 e. The molecule has 0 saturated heterocycles. The first-order chi connectivity index (χ1) is 10.7. The van der Waals surface area contributed by atoms with E-state index in [4.69, 9.17) is 0 Å². The third-order valence-corrected chi connectivity index (χ3v) is 4.22. The van der Waals surface area contributed by atoms with Gasteiger partial charge < -0.3 is 5.32 Å². The topological polar surface area (TPSA) is 75.3 Å². The molecule has 0 bridgehead atoms. The number of hydrogen-bond acceptors (Lipinski definition) is 3. The molecule has 2 rings (SSSR count). The van der Waals surface area contributed by atoms with Crippen LogP contribution in [0.2, 0.25) is 0 Å². The van der Waals surface area contributed by atoms with Crippen molar-refractivity contribution in [2.24, 2.45) is 0 Å². The van der Waals surface area contributed by atoms with Crippen molar-refractivity contribution in [2.45, 2.75) is 13.0 Å². The molecule has 5 nitrogen and oxygen atoms in total. The molecule has 0 aliphatic carbocycles. The minimum Gasteiger partial charge on any atom is -0.346 e. The van der Waals surface area contributed by atoms with Crippen LogP contribution >= 0.6 is 15.9 Å². The predicted octanol–water partition coefficient (Wildman–Crippen LogP) is 3.31. The van der Waals surface area contributed by atoms with Crippen molar-refractivity contribution in [3.8, 4) is 0 Å². The van der Waals surface area contributed by atoms with Crippen molar-refractivity contribution >= 4 is 37.5 Å². The highest BCUT2D eigenvalue weighted by Gasteiger charge is 2.12. The normalized spacial score (nSPS) is 12.5. The molecule has 0 spiro atoms. The Morgan fingerprint density at radius 3 is 2.48 bits per heavy atom. The Morgan fingerprint density at radius 1 is 1.13 bits per heavy atom. The zero-order valence-corrected chi connectivity index (χ0v) is 15.1. The summed E-state index contributed by atoms with van der Waals surface area (Å²) < 4.78 is 25.8. The fourth-order valence-corrected chi connectivity index (χ4v) is 3.05. The number of hydrogen-bond donors (Lipinski definition) is 2. The van der Waals surface area contributed by atoms with Gasteiger partial charge in [0.1, 0.15) is 0 Å². The second-order valence-corrected chi connectivity index (χ2v) is 7.87. The first kappa shape index (κ1) is 17.5. The summed E-state index contributed by atoms with van der Waals surface area (Å²) >= 11 is 3.40. The van der Waals surface area contributed by atoms with E-state index in [9.17, 15) is 13.2 Å². The van der Waals surface area contributed by atoms with E-state index in [1.165, 1.54) is 6.07 Å². The fraction of sp³-hybridized carbons (Fsp3) is 0.188. The second-order valence-electron chi connectivity index (χ2n) is 5.21. The van der Waals surface area contributed by atoms with Gasteiger partial charge in [0.05, 0.1) is 12.3 Å². The molecule has 0 saturated carbocycles. The van der Waals surface area contributed by atoms with Crippen LogP contribution in [0.5, 0.6) is 0 Å². The molecule has 2 N–H and O–H groups in total. The van der Waals surface area contributed by atoms with Gasteiger partial charge in [-0.15, -0.1) is 0 Å². The van der Waals surface area contributed by atoms with Crippen molar-refractivity contribution in [3.63, 3.8) is 0 Å². The lowest BCUT2D eigenvalue weighted by Crippen LogP contribution is -2.26. The zero-order valence-electron chi connectivity index (χ0n) is 12.7. The van der Waals surface area contributed by atoms with Crippen LogP contribution in [0.4, 0.5) is 5.69 Å². The minimum absolute atomic E-state index is 0.175. The van der Waals surface area contributed by atoms with Gasteiger partial charge in [0.15, 0.2) is 0 Å². The molecule has 1 amide bonds. The molecule has 0 fully saturated rings. The van der Waals surface area contributed by atoms with E-state index in [1.54, 1.807) is 18.2 Å². The lowest BCUT2D eigenvalue weighted by Gasteiger charge is -2.15. The highest BCUT2D eigenvalue weighted by atomic mass is 79.9. The van der Waals surface area contributed by atoms with Crippen LogP contribution < -0.4 is 10.0 Å². The number of halogens is 1. The van der Waals surface area contributed by atoms with Gasteiger partial charge in [-0.05, 0) is 42.8 Å². The standard InChI is InChI=1S/C16H17BrN2O3S/c1-11(12-5-3-7-14(17)9-12)18-16(20)13-6-4-8-15(10-13)19-23(2,21)22/h3-11,19H,1-2H3,(H,18,20). The number of carbonyl (C=O) groups excluding carboxylic acids is 1. The van der Waals surface area contributed by atoms with Crippen molar-refractivity contribution < 1.29 is 13.2 Å². The van der Waals surface area contributed by atoms with E-state index < -0.39 is 10.0 Å². The van der Waals surface area contributed by atoms with Gasteiger partial charge >= 0.3 is 0 Å². The first-order valence-electron chi connectivity index (χ1n) is 6.89. The number of benzene rings is 2. The van der Waals surface area contributed by atoms with E-state index in [1.807, 2.05) is 31.2 Å². The zero-order chi connectivity index (χ0) is 17.0. The summed E-state index contributed by atoms with van der Waals surface area (Å²) in [7, 11) is -3.38. The SMILES string of the molecule is CC(NC(=O)c1cccc(NS(C)(=O)=O)c1)c1cccc(Br)c1. The van der Waals surface area contributed by atoms with Crippen LogP contribution in [0.25, 0.3) is 0 Å². The monoisotopic (exact) mass is 396 g/mol. The minimum atomic E-state index is -3.38. The predicted molar refractivity (Wildman–Crippen MR) is 94.9 cm³/mol. The Balaban J connectivity index is 2.13. The smallest absolute Gasteiger partial charge is 0.251 e. The Bertz CT molecular complexity index is 822. The lowest BCUT2D eigenvalue weighted by atomic mass is 10.1. The van der Waals surface area contributed by atoms with Crippen LogP contribution in [-0.4, -0.2) is 20.6 Å². The van der Waals surface area contributed by atoms with E-state index in [-0.39, 0.29) is 11.9 Å². The van der Waals surface area contributed by atoms with Gasteiger partial charge in [-0.25, -0.2) is 8.42 Å². The number of sulfonamides is 1. The highest BCUT2D eigenvalue weighted by molar-refractivity contribution is 9.10. The third kappa shape index (κ3) is 5.37. The van der Waals surface area contributed by atoms with Gasteiger partial charge in [-0.1, -0.05) is 34.1 Å². The molecule has 0 aromatic heterocycles. The molecule has 0 aliphatic rings. The van der Waals surface area contributed by atoms with E-state index in [0.29, 0.717) is 11.3 Å². The fourth-order valence-electron chi connectivity index (χ4n) is 2.08. The Hall–Kier alpha value is -1.86. The molecule has 1 unspecified atom stereocenters. The summed E-state index contributed by atoms with van der Waals surface area (Å²) in [4.78, 5) is 12.3. The molecule has 0 heterocycles. The molecule has 1 atom stereocenters. The van der Waals surface area contributed by atoms with Crippen LogP contribution in [0.1, 0.15) is 28.9 Å². The van der Waals surface area contributed by atoms with Crippen molar-refractivity contribution in [1.82, 2.24) is 5.32 Å². The van der Waals surface area contributed by atoms with Gasteiger partial charge in [-0.3, -0.25) is 9.52 Å². The van der Waals surface area contributed by atoms with Crippen LogP contribution in [0.15, 0.2) is 53.0 Å². The molecule has 23 heavy (non-hydrogen) atoms. The largest absolute Gasteiger partial charge is 0.346 e. The summed E-state index contributed by atoms with van der Waals surface area (Å²) in [6.07, 6.45) is 1.06. The first-order valence-corrected chi connectivity index (χ1v) is 9.57. The van der Waals surface area contributed by atoms with Crippen LogP contribution in [-0.2, 0) is 10.0 Å². The Labute approximate surface area is 144 Å². The molecular weight excluding hydrogens is 380 g/mol. The average Bonchev–Trinajstić information content (AvgIpc) is 2.45. The molecule has 122 valence electrons. The van der Waals surface area contributed by atoms with Gasteiger partial charge in [0, 0.05) is 15.7 Å². The Morgan fingerprint density at radius 2 is 1.83 bits per heavy atom. The number of anilines is 1. The second kappa shape index (κ2) is 7.14. The summed E-state index contributed by atoms with van der Waals surface area (Å²) in [5.41, 5.74) is 1.72. The number of amides is 1. The average molecular weight is 397 g/mol. The molecule has 7 heteroatoms. The third-order valence-electron chi connectivity index (χ3n) is 3.12. The van der Waals surface area contributed by atoms with E-state index in [0.717, 1.165) is 16.3 Å². The number of nitrogens with one attached hydrogen (secondary N) is 2. The highest BCUT2D eigenvalue weighted by Crippen LogP contribution is 2.19. The molecular formula is C16H17BrN2O3S. The van der Waals surface area contributed by atoms with Crippen LogP contribution in [0.3, 0.4) is 0 Å². The molecule has 2 aromatic rings. The van der Waals surface area contributed by atoms with Crippen molar-refractivity contribution in [1.29, 1.82) is 0 Å². The van der Waals surface area contributed by atoms with E-state index in [2.05, 4.69) is 26.0 Å². The van der Waals surface area contributed by atoms with E-state index >= 15 is 0 Å². The Kier molecular flexibility index (Phi) is 5.43. The summed E-state index contributed by atoms with van der Waals surface area (Å²) in [5.74, 6) is -0.269. The number of rotatable bonds is 5. The van der Waals surface area contributed by atoms with Gasteiger partial charge in [0.2, 0.25) is 10.0 Å². The quantitative estimate of drug-likeness (QED) is 0.813. The lowest BCUT2D eigenvalue weighted by molar-refractivity contribution is 0.0940. The van der Waals surface area contributed by atoms with Crippen molar-refractivity contribution in [2.75, 3.05) is 11.0 Å². The van der Waals surface area contributed by atoms with Gasteiger partial charge in [0.25, 0.3) is 5.91 Å². The molecule has 0 aliphatic heterocycles. The van der Waals surface area contributed by atoms with Crippen LogP contribution in [0, 0.1) is 0 Å².